The molecule has 0 aliphatic heterocycles. The van der Waals surface area contributed by atoms with Gasteiger partial charge in [0.15, 0.2) is 5.65 Å². The number of benzene rings is 1. The monoisotopic (exact) mass is 378 g/mol. The molecule has 6 nitrogen and oxygen atoms in total. The van der Waals surface area contributed by atoms with Gasteiger partial charge in [0.05, 0.1) is 21.4 Å². The molecule has 3 rings (SSSR count). The molecule has 1 N–H and O–H groups in total. The van der Waals surface area contributed by atoms with E-state index in [0.717, 1.165) is 10.1 Å². The number of nitrogens with one attached hydrogen (secondary N) is 1. The van der Waals surface area contributed by atoms with Crippen molar-refractivity contribution in [2.24, 2.45) is 14.1 Å². The zero-order valence-electron chi connectivity index (χ0n) is 13.9. The summed E-state index contributed by atoms with van der Waals surface area (Å²) in [6, 6.07) is 5.22. The normalized spacial score (nSPS) is 11.1. The Morgan fingerprint density at radius 3 is 2.56 bits per heavy atom. The molecule has 0 bridgehead atoms. The summed E-state index contributed by atoms with van der Waals surface area (Å²) in [5.41, 5.74) is 1.45. The van der Waals surface area contributed by atoms with Crippen molar-refractivity contribution in [2.45, 2.75) is 13.3 Å². The molecule has 0 aliphatic rings. The summed E-state index contributed by atoms with van der Waals surface area (Å²) < 4.78 is 2.41. The molecule has 0 unspecified atom stereocenters. The van der Waals surface area contributed by atoms with E-state index in [1.54, 1.807) is 31.4 Å². The Morgan fingerprint density at radius 2 is 1.88 bits per heavy atom. The zero-order valence-corrected chi connectivity index (χ0v) is 15.4. The molecule has 0 fully saturated rings. The maximum Gasteiger partial charge on any atom is 0.332 e. The number of aryl methyl sites for hydroxylation is 2. The first kappa shape index (κ1) is 17.5. The van der Waals surface area contributed by atoms with E-state index in [1.807, 2.05) is 6.92 Å². The average molecular weight is 379 g/mol. The molecule has 8 heteroatoms. The largest absolute Gasteiger partial charge is 0.353 e. The molecule has 1 aromatic carbocycles. The molecule has 0 spiro atoms. The van der Waals surface area contributed by atoms with E-state index >= 15 is 0 Å². The van der Waals surface area contributed by atoms with E-state index in [-0.39, 0.29) is 0 Å². The van der Waals surface area contributed by atoms with Crippen molar-refractivity contribution in [2.75, 3.05) is 5.32 Å². The van der Waals surface area contributed by atoms with Crippen LogP contribution in [0.5, 0.6) is 0 Å². The van der Waals surface area contributed by atoms with Crippen molar-refractivity contribution in [1.29, 1.82) is 0 Å². The van der Waals surface area contributed by atoms with Gasteiger partial charge in [0, 0.05) is 20.3 Å². The molecular weight excluding hydrogens is 363 g/mol. The lowest BCUT2D eigenvalue weighted by atomic mass is 10.1. The highest BCUT2D eigenvalue weighted by Gasteiger charge is 2.17. The number of fused-ring (bicyclic) bond motifs is 1. The third kappa shape index (κ3) is 2.81. The lowest BCUT2D eigenvalue weighted by molar-refractivity contribution is 0.707. The second-order valence-corrected chi connectivity index (χ2v) is 6.43. The maximum absolute atomic E-state index is 12.7. The Hall–Kier alpha value is -2.31. The van der Waals surface area contributed by atoms with Crippen LogP contribution in [0.15, 0.2) is 34.0 Å². The zero-order chi connectivity index (χ0) is 18.3. The van der Waals surface area contributed by atoms with Crippen LogP contribution < -0.4 is 16.6 Å². The Kier molecular flexibility index (Phi) is 4.58. The molecule has 0 amide bonds. The number of anilines is 2. The molecule has 2 heterocycles. The Bertz CT molecular complexity index is 1100. The first-order valence-electron chi connectivity index (χ1n) is 7.65. The van der Waals surface area contributed by atoms with E-state index in [1.165, 1.54) is 11.6 Å². The molecule has 0 saturated heterocycles. The fourth-order valence-electron chi connectivity index (χ4n) is 2.71. The van der Waals surface area contributed by atoms with Crippen LogP contribution in [-0.4, -0.2) is 14.1 Å². The van der Waals surface area contributed by atoms with Gasteiger partial charge in [-0.25, -0.2) is 9.78 Å². The smallest absolute Gasteiger partial charge is 0.332 e. The highest BCUT2D eigenvalue weighted by Crippen LogP contribution is 2.34. The van der Waals surface area contributed by atoms with Gasteiger partial charge < -0.3 is 5.32 Å². The fraction of sp³-hybridized carbons (Fsp3) is 0.235. The van der Waals surface area contributed by atoms with Crippen molar-refractivity contribution >= 4 is 45.6 Å². The highest BCUT2D eigenvalue weighted by atomic mass is 35.5. The quantitative estimate of drug-likeness (QED) is 0.759. The molecule has 0 saturated carbocycles. The molecule has 25 heavy (non-hydrogen) atoms. The third-order valence-electron chi connectivity index (χ3n) is 4.14. The summed E-state index contributed by atoms with van der Waals surface area (Å²) >= 11 is 12.3. The minimum absolute atomic E-state index is 0.311. The minimum Gasteiger partial charge on any atom is -0.353 e. The van der Waals surface area contributed by atoms with Crippen LogP contribution in [0.3, 0.4) is 0 Å². The number of hydrogen-bond acceptors (Lipinski definition) is 4. The Balaban J connectivity index is 2.38. The first-order chi connectivity index (χ1) is 11.9. The van der Waals surface area contributed by atoms with E-state index in [9.17, 15) is 9.59 Å². The third-order valence-corrected chi connectivity index (χ3v) is 4.96. The second-order valence-electron chi connectivity index (χ2n) is 5.64. The van der Waals surface area contributed by atoms with Crippen LogP contribution in [0.4, 0.5) is 11.4 Å². The topological polar surface area (TPSA) is 68.9 Å². The maximum atomic E-state index is 12.7. The molecule has 3 aromatic rings. The molecule has 2 aromatic heterocycles. The number of pyridine rings is 1. The van der Waals surface area contributed by atoms with E-state index < -0.39 is 11.2 Å². The van der Waals surface area contributed by atoms with Gasteiger partial charge in [-0.2, -0.15) is 0 Å². The first-order valence-corrected chi connectivity index (χ1v) is 8.41. The van der Waals surface area contributed by atoms with Crippen molar-refractivity contribution in [1.82, 2.24) is 14.1 Å². The van der Waals surface area contributed by atoms with Gasteiger partial charge in [0.1, 0.15) is 5.39 Å². The van der Waals surface area contributed by atoms with Gasteiger partial charge in [-0.15, -0.1) is 0 Å². The lowest BCUT2D eigenvalue weighted by Crippen LogP contribution is -2.37. The Morgan fingerprint density at radius 1 is 1.16 bits per heavy atom. The van der Waals surface area contributed by atoms with Crippen molar-refractivity contribution in [3.05, 3.63) is 60.8 Å². The van der Waals surface area contributed by atoms with E-state index in [2.05, 4.69) is 10.3 Å². The summed E-state index contributed by atoms with van der Waals surface area (Å²) in [4.78, 5) is 29.2. The van der Waals surface area contributed by atoms with Crippen LogP contribution in [0, 0.1) is 0 Å². The van der Waals surface area contributed by atoms with Gasteiger partial charge in [-0.05, 0) is 24.1 Å². The second kappa shape index (κ2) is 6.54. The molecular formula is C17H16Cl2N4O2. The predicted molar refractivity (Wildman–Crippen MR) is 101 cm³/mol. The molecule has 130 valence electrons. The highest BCUT2D eigenvalue weighted by molar-refractivity contribution is 6.43. The molecule has 0 aliphatic carbocycles. The minimum atomic E-state index is -0.430. The van der Waals surface area contributed by atoms with Crippen molar-refractivity contribution in [3.63, 3.8) is 0 Å². The van der Waals surface area contributed by atoms with Crippen LogP contribution in [0.25, 0.3) is 11.0 Å². The van der Waals surface area contributed by atoms with Crippen LogP contribution in [0.2, 0.25) is 10.0 Å². The summed E-state index contributed by atoms with van der Waals surface area (Å²) in [6.45, 7) is 1.96. The Labute approximate surface area is 153 Å². The van der Waals surface area contributed by atoms with Gasteiger partial charge >= 0.3 is 5.69 Å². The number of rotatable bonds is 3. The summed E-state index contributed by atoms with van der Waals surface area (Å²) in [6.07, 6.45) is 2.30. The van der Waals surface area contributed by atoms with Gasteiger partial charge in [0.2, 0.25) is 0 Å². The van der Waals surface area contributed by atoms with Gasteiger partial charge in [-0.3, -0.25) is 13.9 Å². The number of hydrogen-bond donors (Lipinski definition) is 1. The lowest BCUT2D eigenvalue weighted by Gasteiger charge is -2.16. The fourth-order valence-corrected chi connectivity index (χ4v) is 3.06. The molecule has 0 radical (unpaired) electrons. The standard InChI is InChI=1S/C17H16Cl2N4O2/c1-4-9-8-20-15-12(16(24)23(3)17(25)22(15)2)14(9)21-11-7-5-6-10(18)13(11)19/h5-8H,4H2,1-3H3,(H,20,21). The molecule has 0 atom stereocenters. The van der Waals surface area contributed by atoms with Gasteiger partial charge in [0.25, 0.3) is 5.56 Å². The summed E-state index contributed by atoms with van der Waals surface area (Å²) in [5.74, 6) is 0. The average Bonchev–Trinajstić information content (AvgIpc) is 2.61. The summed E-state index contributed by atoms with van der Waals surface area (Å²) in [5, 5.41) is 4.30. The van der Waals surface area contributed by atoms with Crippen LogP contribution >= 0.6 is 23.2 Å². The van der Waals surface area contributed by atoms with E-state index in [0.29, 0.717) is 38.9 Å². The van der Waals surface area contributed by atoms with E-state index in [4.69, 9.17) is 23.2 Å². The van der Waals surface area contributed by atoms with Crippen LogP contribution in [0.1, 0.15) is 12.5 Å². The van der Waals surface area contributed by atoms with Crippen LogP contribution in [-0.2, 0) is 20.5 Å². The number of aromatic nitrogens is 3. The van der Waals surface area contributed by atoms with Gasteiger partial charge in [-0.1, -0.05) is 36.2 Å². The predicted octanol–water partition coefficient (Wildman–Crippen LogP) is 3.25. The van der Waals surface area contributed by atoms with Crippen molar-refractivity contribution < 1.29 is 0 Å². The summed E-state index contributed by atoms with van der Waals surface area (Å²) in [7, 11) is 3.03. The SMILES string of the molecule is CCc1cnc2c(c1Nc1cccc(Cl)c1Cl)c(=O)n(C)c(=O)n2C. The number of halogens is 2. The number of nitrogens with zero attached hydrogens (tertiary/aromatic N) is 3. The van der Waals surface area contributed by atoms with Crippen molar-refractivity contribution in [3.8, 4) is 0 Å².